The molecule has 0 bridgehead atoms. The van der Waals surface area contributed by atoms with Gasteiger partial charge >= 0.3 is 0 Å². The molecule has 0 saturated carbocycles. The van der Waals surface area contributed by atoms with E-state index in [0.717, 1.165) is 49.3 Å². The smallest absolute Gasteiger partial charge is 0.149 e. The fourth-order valence-corrected chi connectivity index (χ4v) is 5.19. The molecule has 2 aromatic carbocycles. The van der Waals surface area contributed by atoms with Gasteiger partial charge in [-0.1, -0.05) is 33.1 Å². The summed E-state index contributed by atoms with van der Waals surface area (Å²) in [5, 5.41) is 17.6. The minimum Gasteiger partial charge on any atom is -0.494 e. The minimum absolute atomic E-state index is 0.0343. The van der Waals surface area contributed by atoms with Crippen molar-refractivity contribution in [2.24, 2.45) is 0 Å². The third-order valence-corrected chi connectivity index (χ3v) is 7.38. The fourth-order valence-electron chi connectivity index (χ4n) is 4.02. The minimum atomic E-state index is -0.0343. The molecule has 0 atom stereocenters. The van der Waals surface area contributed by atoms with Gasteiger partial charge in [-0.25, -0.2) is 4.98 Å². The number of nitrogens with one attached hydrogen (secondary N) is 2. The van der Waals surface area contributed by atoms with Crippen LogP contribution in [0.15, 0.2) is 48.5 Å². The van der Waals surface area contributed by atoms with Gasteiger partial charge in [-0.3, -0.25) is 16.1 Å². The lowest BCUT2D eigenvalue weighted by molar-refractivity contribution is 0.234. The van der Waals surface area contributed by atoms with Gasteiger partial charge in [0.1, 0.15) is 17.3 Å². The number of aromatic nitrogens is 1. The first kappa shape index (κ1) is 28.7. The highest BCUT2D eigenvalue weighted by atomic mass is 32.1. The third kappa shape index (κ3) is 9.48. The first-order valence-corrected chi connectivity index (χ1v) is 14.4. The predicted molar refractivity (Wildman–Crippen MR) is 152 cm³/mol. The third-order valence-electron chi connectivity index (χ3n) is 6.20. The van der Waals surface area contributed by atoms with Gasteiger partial charge < -0.3 is 9.47 Å². The topological polar surface area (TPSA) is 87.5 Å². The van der Waals surface area contributed by atoms with Crippen molar-refractivity contribution in [3.8, 4) is 22.8 Å². The summed E-state index contributed by atoms with van der Waals surface area (Å²) in [4.78, 5) is 6.44. The molecule has 1 aromatic heterocycles. The van der Waals surface area contributed by atoms with Crippen LogP contribution in [0.25, 0.3) is 11.3 Å². The summed E-state index contributed by atoms with van der Waals surface area (Å²) >= 11 is 1.90. The molecule has 7 heteroatoms. The van der Waals surface area contributed by atoms with Gasteiger partial charge in [0.2, 0.25) is 0 Å². The van der Waals surface area contributed by atoms with Gasteiger partial charge in [0, 0.05) is 16.0 Å². The zero-order chi connectivity index (χ0) is 26.3. The highest BCUT2D eigenvalue weighted by molar-refractivity contribution is 7.12. The summed E-state index contributed by atoms with van der Waals surface area (Å²) in [6, 6.07) is 15.5. The van der Waals surface area contributed by atoms with Crippen LogP contribution in [0.5, 0.6) is 11.5 Å². The number of amidine groups is 1. The quantitative estimate of drug-likeness (QED) is 0.0726. The molecule has 0 amide bonds. The first-order valence-electron chi connectivity index (χ1n) is 13.6. The molecular weight excluding hydrogens is 482 g/mol. The summed E-state index contributed by atoms with van der Waals surface area (Å²) in [6.07, 6.45) is 11.3. The standard InChI is InChI=1S/C30H41N3O3S/c1-3-5-8-12-28-32-29(27(37-28)11-6-4-2)23-13-17-25(18-14-23)35-21-9-7-10-22-36-26-19-15-24(16-20-26)30(31)33-34/h13-20,34H,3-12,21-22H2,1-2H3,(H2,31,33). The molecule has 3 N–H and O–H groups in total. The van der Waals surface area contributed by atoms with Crippen LogP contribution < -0.4 is 15.0 Å². The number of ether oxygens (including phenoxy) is 2. The molecule has 0 aliphatic carbocycles. The Morgan fingerprint density at radius 2 is 1.43 bits per heavy atom. The van der Waals surface area contributed by atoms with Crippen molar-refractivity contribution in [1.29, 1.82) is 5.41 Å². The van der Waals surface area contributed by atoms with E-state index in [-0.39, 0.29) is 5.84 Å². The number of unbranched alkanes of at least 4 members (excludes halogenated alkanes) is 5. The van der Waals surface area contributed by atoms with Gasteiger partial charge in [-0.15, -0.1) is 11.3 Å². The molecule has 0 unspecified atom stereocenters. The average Bonchev–Trinajstić information content (AvgIpc) is 3.34. The molecule has 3 aromatic rings. The molecule has 200 valence electrons. The second-order valence-electron chi connectivity index (χ2n) is 9.23. The van der Waals surface area contributed by atoms with Crippen LogP contribution in [0, 0.1) is 5.41 Å². The van der Waals surface area contributed by atoms with Crippen LogP contribution in [-0.2, 0) is 12.8 Å². The molecule has 3 rings (SSSR count). The summed E-state index contributed by atoms with van der Waals surface area (Å²) in [5.41, 5.74) is 4.79. The number of aryl methyl sites for hydroxylation is 2. The Hall–Kier alpha value is -2.90. The maximum atomic E-state index is 8.78. The number of rotatable bonds is 17. The highest BCUT2D eigenvalue weighted by Gasteiger charge is 2.13. The number of thiazole rings is 1. The van der Waals surface area contributed by atoms with E-state index < -0.39 is 0 Å². The lowest BCUT2D eigenvalue weighted by Gasteiger charge is -2.09. The van der Waals surface area contributed by atoms with E-state index in [1.807, 2.05) is 16.8 Å². The summed E-state index contributed by atoms with van der Waals surface area (Å²) in [6.45, 7) is 5.81. The number of hydrogen-bond donors (Lipinski definition) is 3. The van der Waals surface area contributed by atoms with Crippen LogP contribution in [0.1, 0.15) is 80.7 Å². The Kier molecular flexibility index (Phi) is 12.4. The number of hydrogen-bond acceptors (Lipinski definition) is 6. The van der Waals surface area contributed by atoms with Crippen molar-refractivity contribution >= 4 is 17.2 Å². The number of hydroxylamine groups is 1. The van der Waals surface area contributed by atoms with Crippen molar-refractivity contribution in [3.63, 3.8) is 0 Å². The van der Waals surface area contributed by atoms with Crippen LogP contribution >= 0.6 is 11.3 Å². The second kappa shape index (κ2) is 16.0. The zero-order valence-electron chi connectivity index (χ0n) is 22.2. The molecule has 0 fully saturated rings. The van der Waals surface area contributed by atoms with Crippen molar-refractivity contribution in [1.82, 2.24) is 10.5 Å². The van der Waals surface area contributed by atoms with Crippen molar-refractivity contribution in [2.45, 2.75) is 78.1 Å². The van der Waals surface area contributed by atoms with Crippen LogP contribution in [0.3, 0.4) is 0 Å². The van der Waals surface area contributed by atoms with Crippen LogP contribution in [0.2, 0.25) is 0 Å². The second-order valence-corrected chi connectivity index (χ2v) is 10.4. The van der Waals surface area contributed by atoms with Crippen molar-refractivity contribution in [2.75, 3.05) is 13.2 Å². The van der Waals surface area contributed by atoms with Gasteiger partial charge in [0.05, 0.1) is 23.9 Å². The van der Waals surface area contributed by atoms with E-state index >= 15 is 0 Å². The Morgan fingerprint density at radius 1 is 0.811 bits per heavy atom. The normalized spacial score (nSPS) is 10.9. The van der Waals surface area contributed by atoms with E-state index in [1.54, 1.807) is 24.3 Å². The van der Waals surface area contributed by atoms with E-state index in [9.17, 15) is 0 Å². The van der Waals surface area contributed by atoms with E-state index in [1.165, 1.54) is 47.6 Å². The van der Waals surface area contributed by atoms with Gasteiger partial charge in [-0.2, -0.15) is 0 Å². The number of benzene rings is 2. The van der Waals surface area contributed by atoms with E-state index in [2.05, 4.69) is 38.1 Å². The lowest BCUT2D eigenvalue weighted by Crippen LogP contribution is -2.18. The largest absolute Gasteiger partial charge is 0.494 e. The fraction of sp³-hybridized carbons (Fsp3) is 0.467. The molecule has 0 radical (unpaired) electrons. The van der Waals surface area contributed by atoms with Crippen LogP contribution in [0.4, 0.5) is 0 Å². The Bertz CT molecular complexity index is 1060. The molecule has 1 heterocycles. The monoisotopic (exact) mass is 523 g/mol. The van der Waals surface area contributed by atoms with E-state index in [4.69, 9.17) is 25.1 Å². The maximum absolute atomic E-state index is 8.78. The Balaban J connectivity index is 1.39. The van der Waals surface area contributed by atoms with Gasteiger partial charge in [0.25, 0.3) is 0 Å². The summed E-state index contributed by atoms with van der Waals surface area (Å²) < 4.78 is 11.7. The summed E-state index contributed by atoms with van der Waals surface area (Å²) in [7, 11) is 0. The highest BCUT2D eigenvalue weighted by Crippen LogP contribution is 2.31. The molecule has 6 nitrogen and oxygen atoms in total. The molecule has 0 saturated heterocycles. The Labute approximate surface area is 225 Å². The number of nitrogens with zero attached hydrogens (tertiary/aromatic N) is 1. The molecule has 0 spiro atoms. The lowest BCUT2D eigenvalue weighted by atomic mass is 10.1. The molecular formula is C30H41N3O3S. The van der Waals surface area contributed by atoms with Crippen LogP contribution in [-0.4, -0.2) is 29.2 Å². The summed E-state index contributed by atoms with van der Waals surface area (Å²) in [5.74, 6) is 1.63. The SMILES string of the molecule is CCCCCc1nc(-c2ccc(OCCCCCOc3ccc(C(=N)NO)cc3)cc2)c(CCCC)s1. The van der Waals surface area contributed by atoms with Crippen molar-refractivity contribution in [3.05, 3.63) is 64.0 Å². The van der Waals surface area contributed by atoms with Gasteiger partial charge in [0.15, 0.2) is 0 Å². The molecule has 0 aliphatic rings. The Morgan fingerprint density at radius 3 is 2.03 bits per heavy atom. The van der Waals surface area contributed by atoms with Crippen molar-refractivity contribution < 1.29 is 14.7 Å². The maximum Gasteiger partial charge on any atom is 0.149 e. The average molecular weight is 524 g/mol. The zero-order valence-corrected chi connectivity index (χ0v) is 23.0. The molecule has 37 heavy (non-hydrogen) atoms. The molecule has 0 aliphatic heterocycles. The van der Waals surface area contributed by atoms with E-state index in [0.29, 0.717) is 18.8 Å². The van der Waals surface area contributed by atoms with Gasteiger partial charge in [-0.05, 0) is 93.5 Å². The first-order chi connectivity index (χ1) is 18.1. The predicted octanol–water partition coefficient (Wildman–Crippen LogP) is 7.82.